The minimum Gasteiger partial charge on any atom is -0.317 e. The maximum absolute atomic E-state index is 13.0. The minimum absolute atomic E-state index is 0.0530. The lowest BCUT2D eigenvalue weighted by molar-refractivity contribution is -0.134. The van der Waals surface area contributed by atoms with Crippen molar-refractivity contribution < 1.29 is 4.79 Å². The van der Waals surface area contributed by atoms with Gasteiger partial charge in [0.25, 0.3) is 0 Å². The molecule has 0 aromatic rings. The standard InChI is InChI=1S/C17H34N2O/c1-15(2,3)14(20)17(7,19-16(4,5)6)12-13-8-10-18-11-9-13/h13,18-19H,8-12H2,1-7H3. The van der Waals surface area contributed by atoms with E-state index in [0.717, 1.165) is 19.5 Å². The van der Waals surface area contributed by atoms with Gasteiger partial charge < -0.3 is 10.6 Å². The monoisotopic (exact) mass is 282 g/mol. The maximum Gasteiger partial charge on any atom is 0.157 e. The largest absolute Gasteiger partial charge is 0.317 e. The van der Waals surface area contributed by atoms with Gasteiger partial charge in [-0.1, -0.05) is 20.8 Å². The Morgan fingerprint density at radius 2 is 1.55 bits per heavy atom. The highest BCUT2D eigenvalue weighted by Gasteiger charge is 2.43. The molecule has 118 valence electrons. The lowest BCUT2D eigenvalue weighted by Gasteiger charge is -2.42. The third-order valence-electron chi connectivity index (χ3n) is 3.99. The molecular formula is C17H34N2O. The Morgan fingerprint density at radius 1 is 1.05 bits per heavy atom. The van der Waals surface area contributed by atoms with Gasteiger partial charge in [0.15, 0.2) is 5.78 Å². The number of carbonyl (C=O) groups is 1. The summed E-state index contributed by atoms with van der Waals surface area (Å²) in [7, 11) is 0. The van der Waals surface area contributed by atoms with Crippen LogP contribution in [-0.4, -0.2) is 30.0 Å². The van der Waals surface area contributed by atoms with Crippen molar-refractivity contribution in [3.63, 3.8) is 0 Å². The molecule has 3 heteroatoms. The molecule has 1 unspecified atom stereocenters. The summed E-state index contributed by atoms with van der Waals surface area (Å²) in [6.45, 7) is 16.8. The third kappa shape index (κ3) is 5.17. The van der Waals surface area contributed by atoms with E-state index in [-0.39, 0.29) is 11.0 Å². The topological polar surface area (TPSA) is 41.1 Å². The van der Waals surface area contributed by atoms with E-state index in [1.54, 1.807) is 0 Å². The average molecular weight is 282 g/mol. The molecule has 1 aliphatic heterocycles. The molecule has 0 aliphatic carbocycles. The number of carbonyl (C=O) groups excluding carboxylic acids is 1. The van der Waals surface area contributed by atoms with Gasteiger partial charge in [-0.25, -0.2) is 0 Å². The van der Waals surface area contributed by atoms with Crippen molar-refractivity contribution in [1.82, 2.24) is 10.6 Å². The molecule has 3 nitrogen and oxygen atoms in total. The summed E-state index contributed by atoms with van der Waals surface area (Å²) >= 11 is 0. The van der Waals surface area contributed by atoms with Gasteiger partial charge in [-0.3, -0.25) is 4.79 Å². The van der Waals surface area contributed by atoms with Crippen molar-refractivity contribution >= 4 is 5.78 Å². The van der Waals surface area contributed by atoms with Crippen molar-refractivity contribution in [2.75, 3.05) is 13.1 Å². The molecule has 1 saturated heterocycles. The Labute approximate surface area is 125 Å². The summed E-state index contributed by atoms with van der Waals surface area (Å²) in [5.74, 6) is 0.973. The fourth-order valence-corrected chi connectivity index (χ4v) is 3.52. The number of piperidine rings is 1. The van der Waals surface area contributed by atoms with E-state index in [9.17, 15) is 4.79 Å². The van der Waals surface area contributed by atoms with Crippen LogP contribution in [0.2, 0.25) is 0 Å². The molecule has 0 saturated carbocycles. The zero-order valence-electron chi connectivity index (χ0n) is 14.5. The summed E-state index contributed by atoms with van der Waals surface area (Å²) in [6.07, 6.45) is 3.31. The van der Waals surface area contributed by atoms with Crippen LogP contribution in [-0.2, 0) is 4.79 Å². The Kier molecular flexibility index (Phi) is 5.42. The summed E-state index contributed by atoms with van der Waals surface area (Å²) in [4.78, 5) is 13.0. The Bertz CT molecular complexity index is 332. The smallest absolute Gasteiger partial charge is 0.157 e. The number of nitrogens with one attached hydrogen (secondary N) is 2. The molecule has 2 N–H and O–H groups in total. The third-order valence-corrected chi connectivity index (χ3v) is 3.99. The van der Waals surface area contributed by atoms with Crippen molar-refractivity contribution in [2.24, 2.45) is 11.3 Å². The number of hydrogen-bond donors (Lipinski definition) is 2. The van der Waals surface area contributed by atoms with Crippen LogP contribution in [0.5, 0.6) is 0 Å². The van der Waals surface area contributed by atoms with E-state index in [1.165, 1.54) is 12.8 Å². The van der Waals surface area contributed by atoms with E-state index in [4.69, 9.17) is 0 Å². The maximum atomic E-state index is 13.0. The molecule has 1 rings (SSSR count). The highest BCUT2D eigenvalue weighted by Crippen LogP contribution is 2.32. The first-order chi connectivity index (χ1) is 8.94. The van der Waals surface area contributed by atoms with Crippen LogP contribution in [0.25, 0.3) is 0 Å². The first-order valence-corrected chi connectivity index (χ1v) is 7.99. The van der Waals surface area contributed by atoms with E-state index in [0.29, 0.717) is 11.7 Å². The van der Waals surface area contributed by atoms with Crippen LogP contribution < -0.4 is 10.6 Å². The van der Waals surface area contributed by atoms with E-state index in [1.807, 2.05) is 20.8 Å². The summed E-state index contributed by atoms with van der Waals surface area (Å²) in [6, 6.07) is 0. The highest BCUT2D eigenvalue weighted by atomic mass is 16.1. The Balaban J connectivity index is 2.91. The second kappa shape index (κ2) is 6.15. The molecule has 0 aromatic heterocycles. The van der Waals surface area contributed by atoms with Crippen molar-refractivity contribution in [3.05, 3.63) is 0 Å². The molecule has 0 radical (unpaired) electrons. The molecule has 0 bridgehead atoms. The summed E-state index contributed by atoms with van der Waals surface area (Å²) in [5, 5.41) is 7.02. The molecule has 0 spiro atoms. The zero-order chi connectivity index (χ0) is 15.6. The fourth-order valence-electron chi connectivity index (χ4n) is 3.52. The molecule has 1 fully saturated rings. The van der Waals surface area contributed by atoms with Crippen LogP contribution in [0.3, 0.4) is 0 Å². The second-order valence-electron chi connectivity index (χ2n) is 8.68. The van der Waals surface area contributed by atoms with Gasteiger partial charge in [0.05, 0.1) is 5.54 Å². The Hall–Kier alpha value is -0.410. The highest BCUT2D eigenvalue weighted by molar-refractivity contribution is 5.92. The summed E-state index contributed by atoms with van der Waals surface area (Å²) < 4.78 is 0. The molecule has 0 aromatic carbocycles. The normalized spacial score (nSPS) is 21.6. The van der Waals surface area contributed by atoms with Crippen LogP contribution >= 0.6 is 0 Å². The zero-order valence-corrected chi connectivity index (χ0v) is 14.5. The molecular weight excluding hydrogens is 248 g/mol. The van der Waals surface area contributed by atoms with Crippen LogP contribution in [0, 0.1) is 11.3 Å². The number of ketones is 1. The second-order valence-corrected chi connectivity index (χ2v) is 8.68. The van der Waals surface area contributed by atoms with Gasteiger partial charge in [0.1, 0.15) is 0 Å². The summed E-state index contributed by atoms with van der Waals surface area (Å²) in [5.41, 5.74) is -0.791. The Morgan fingerprint density at radius 3 is 1.95 bits per heavy atom. The first kappa shape index (κ1) is 17.6. The molecule has 1 atom stereocenters. The SMILES string of the molecule is CC(C)(C)NC(C)(CC1CCNCC1)C(=O)C(C)(C)C. The van der Waals surface area contributed by atoms with Gasteiger partial charge in [-0.05, 0) is 66.0 Å². The number of Topliss-reactive ketones (excluding diaryl/α,β-unsaturated/α-hetero) is 1. The number of rotatable bonds is 4. The lowest BCUT2D eigenvalue weighted by Crippen LogP contribution is -2.60. The minimum atomic E-state index is -0.432. The predicted octanol–water partition coefficient (Wildman–Crippen LogP) is 3.14. The van der Waals surface area contributed by atoms with Gasteiger partial charge in [0.2, 0.25) is 0 Å². The van der Waals surface area contributed by atoms with Crippen molar-refractivity contribution in [1.29, 1.82) is 0 Å². The van der Waals surface area contributed by atoms with Gasteiger partial charge >= 0.3 is 0 Å². The predicted molar refractivity (Wildman–Crippen MR) is 86.0 cm³/mol. The molecule has 20 heavy (non-hydrogen) atoms. The number of hydrogen-bond acceptors (Lipinski definition) is 3. The molecule has 0 amide bonds. The van der Waals surface area contributed by atoms with Crippen LogP contribution in [0.1, 0.15) is 67.7 Å². The van der Waals surface area contributed by atoms with E-state index in [2.05, 4.69) is 38.3 Å². The van der Waals surface area contributed by atoms with E-state index < -0.39 is 5.54 Å². The molecule has 1 heterocycles. The van der Waals surface area contributed by atoms with Gasteiger partial charge in [0, 0.05) is 11.0 Å². The van der Waals surface area contributed by atoms with Crippen LogP contribution in [0.4, 0.5) is 0 Å². The molecule has 1 aliphatic rings. The first-order valence-electron chi connectivity index (χ1n) is 7.99. The quantitative estimate of drug-likeness (QED) is 0.832. The lowest BCUT2D eigenvalue weighted by atomic mass is 9.72. The van der Waals surface area contributed by atoms with Crippen LogP contribution in [0.15, 0.2) is 0 Å². The van der Waals surface area contributed by atoms with E-state index >= 15 is 0 Å². The van der Waals surface area contributed by atoms with Crippen molar-refractivity contribution in [2.45, 2.75) is 78.8 Å². The van der Waals surface area contributed by atoms with Gasteiger partial charge in [-0.2, -0.15) is 0 Å². The average Bonchev–Trinajstić information content (AvgIpc) is 2.25. The van der Waals surface area contributed by atoms with Crippen molar-refractivity contribution in [3.8, 4) is 0 Å². The van der Waals surface area contributed by atoms with Gasteiger partial charge in [-0.15, -0.1) is 0 Å². The fraction of sp³-hybridized carbons (Fsp3) is 0.941.